The average Bonchev–Trinajstić information content (AvgIpc) is 4.18. The molecule has 0 saturated carbocycles. The van der Waals surface area contributed by atoms with Gasteiger partial charge in [-0.3, -0.25) is 4.57 Å². The first kappa shape index (κ1) is 38.5. The highest BCUT2D eigenvalue weighted by atomic mass is 16.3. The van der Waals surface area contributed by atoms with Crippen molar-refractivity contribution in [1.82, 2.24) is 28.7 Å². The van der Waals surface area contributed by atoms with Crippen LogP contribution in [0.4, 0.5) is 0 Å². The second-order valence-corrected chi connectivity index (χ2v) is 17.9. The lowest BCUT2D eigenvalue weighted by Crippen LogP contribution is -2.06. The Balaban J connectivity index is 0.947. The molecule has 10 aromatic carbocycles. The van der Waals surface area contributed by atoms with E-state index in [1.165, 1.54) is 27.1 Å². The summed E-state index contributed by atoms with van der Waals surface area (Å²) in [5.41, 5.74) is 14.5. The fraction of sp³-hybridized carbons (Fsp3) is 0. The number of hydrogen-bond donors (Lipinski definition) is 0. The lowest BCUT2D eigenvalue weighted by atomic mass is 9.96. The van der Waals surface area contributed by atoms with Crippen molar-refractivity contribution in [1.29, 1.82) is 0 Å². The molecule has 0 bridgehead atoms. The zero-order valence-corrected chi connectivity index (χ0v) is 37.5. The summed E-state index contributed by atoms with van der Waals surface area (Å²) in [5.74, 6) is 1.71. The Kier molecular flexibility index (Phi) is 8.23. The van der Waals surface area contributed by atoms with E-state index in [1.54, 1.807) is 0 Å². The highest BCUT2D eigenvalue weighted by Gasteiger charge is 2.24. The number of fused-ring (bicyclic) bond motifs is 12. The molecule has 0 amide bonds. The summed E-state index contributed by atoms with van der Waals surface area (Å²) in [5, 5.41) is 9.15. The molecule has 70 heavy (non-hydrogen) atoms. The molecule has 0 aliphatic carbocycles. The topological polar surface area (TPSA) is 66.6 Å². The van der Waals surface area contributed by atoms with Gasteiger partial charge in [-0.1, -0.05) is 164 Å². The first-order chi connectivity index (χ1) is 34.7. The van der Waals surface area contributed by atoms with Crippen LogP contribution >= 0.6 is 0 Å². The van der Waals surface area contributed by atoms with E-state index in [0.29, 0.717) is 17.6 Å². The molecule has 7 nitrogen and oxygen atoms in total. The van der Waals surface area contributed by atoms with Crippen molar-refractivity contribution < 1.29 is 4.42 Å². The molecule has 0 aliphatic heterocycles. The third-order valence-electron chi connectivity index (χ3n) is 14.1. The summed E-state index contributed by atoms with van der Waals surface area (Å²) >= 11 is 0. The fourth-order valence-corrected chi connectivity index (χ4v) is 11.2. The monoisotopic (exact) mass is 894 g/mol. The van der Waals surface area contributed by atoms with Crippen LogP contribution in [0.25, 0.3) is 139 Å². The molecule has 0 N–H and O–H groups in total. The molecule has 0 unspecified atom stereocenters. The van der Waals surface area contributed by atoms with Crippen LogP contribution in [0.2, 0.25) is 0 Å². The molecule has 15 aromatic rings. The van der Waals surface area contributed by atoms with Gasteiger partial charge in [-0.2, -0.15) is 9.97 Å². The molecule has 326 valence electrons. The van der Waals surface area contributed by atoms with Gasteiger partial charge < -0.3 is 13.6 Å². The predicted molar refractivity (Wildman–Crippen MR) is 286 cm³/mol. The lowest BCUT2D eigenvalue weighted by Gasteiger charge is -2.14. The van der Waals surface area contributed by atoms with Crippen LogP contribution in [-0.2, 0) is 0 Å². The SMILES string of the molecule is c1ccc(-c2nc(-c3ccc4c(c3)oc3cccc(-c5cccc6c7ccccc7n(-c7cccc8c7c7ccccc7n8-c7ccccc7)c56)c34)nc(-n3c4ccccc4c4ccccc43)n2)cc1. The molecule has 0 atom stereocenters. The predicted octanol–water partition coefficient (Wildman–Crippen LogP) is 16.1. The van der Waals surface area contributed by atoms with E-state index in [1.807, 2.05) is 30.3 Å². The average molecular weight is 895 g/mol. The van der Waals surface area contributed by atoms with E-state index in [0.717, 1.165) is 93.9 Å². The van der Waals surface area contributed by atoms with Gasteiger partial charge in [-0.15, -0.1) is 0 Å². The number of furan rings is 1. The zero-order chi connectivity index (χ0) is 45.9. The van der Waals surface area contributed by atoms with Crippen molar-refractivity contribution in [3.8, 4) is 51.2 Å². The molecule has 7 heteroatoms. The van der Waals surface area contributed by atoms with Crippen LogP contribution in [-0.4, -0.2) is 28.7 Å². The van der Waals surface area contributed by atoms with Crippen LogP contribution < -0.4 is 0 Å². The van der Waals surface area contributed by atoms with E-state index in [2.05, 4.69) is 214 Å². The molecule has 0 radical (unpaired) electrons. The van der Waals surface area contributed by atoms with E-state index in [9.17, 15) is 0 Å². The third-order valence-corrected chi connectivity index (χ3v) is 14.1. The van der Waals surface area contributed by atoms with Crippen molar-refractivity contribution in [3.05, 3.63) is 231 Å². The van der Waals surface area contributed by atoms with Gasteiger partial charge in [0.25, 0.3) is 0 Å². The lowest BCUT2D eigenvalue weighted by molar-refractivity contribution is 0.669. The molecular weight excluding hydrogens is 857 g/mol. The minimum absolute atomic E-state index is 0.553. The Bertz CT molecular complexity index is 4540. The highest BCUT2D eigenvalue weighted by Crippen LogP contribution is 2.45. The summed E-state index contributed by atoms with van der Waals surface area (Å²) < 4.78 is 13.9. The Morgan fingerprint density at radius 1 is 0.314 bits per heavy atom. The van der Waals surface area contributed by atoms with Crippen LogP contribution in [0, 0.1) is 0 Å². The largest absolute Gasteiger partial charge is 0.456 e. The molecule has 5 heterocycles. The zero-order valence-electron chi connectivity index (χ0n) is 37.5. The van der Waals surface area contributed by atoms with Gasteiger partial charge in [0.2, 0.25) is 5.95 Å². The second-order valence-electron chi connectivity index (χ2n) is 17.9. The second kappa shape index (κ2) is 15.0. The Hall–Kier alpha value is -9.59. The smallest absolute Gasteiger partial charge is 0.238 e. The number of nitrogens with zero attached hydrogens (tertiary/aromatic N) is 6. The minimum Gasteiger partial charge on any atom is -0.456 e. The van der Waals surface area contributed by atoms with E-state index in [-0.39, 0.29) is 0 Å². The van der Waals surface area contributed by atoms with Gasteiger partial charge in [0.15, 0.2) is 11.6 Å². The Labute approximate surface area is 400 Å². The number of rotatable bonds is 6. The van der Waals surface area contributed by atoms with Gasteiger partial charge in [-0.25, -0.2) is 4.98 Å². The van der Waals surface area contributed by atoms with E-state index >= 15 is 0 Å². The first-order valence-electron chi connectivity index (χ1n) is 23.6. The number of aromatic nitrogens is 6. The molecule has 0 saturated heterocycles. The van der Waals surface area contributed by atoms with Crippen molar-refractivity contribution in [2.75, 3.05) is 0 Å². The quantitative estimate of drug-likeness (QED) is 0.167. The number of hydrogen-bond acceptors (Lipinski definition) is 4. The number of benzene rings is 10. The highest BCUT2D eigenvalue weighted by molar-refractivity contribution is 6.21. The summed E-state index contributed by atoms with van der Waals surface area (Å²) in [7, 11) is 0. The first-order valence-corrected chi connectivity index (χ1v) is 23.6. The van der Waals surface area contributed by atoms with Crippen LogP contribution in [0.5, 0.6) is 0 Å². The van der Waals surface area contributed by atoms with Gasteiger partial charge in [0.1, 0.15) is 11.2 Å². The summed E-state index contributed by atoms with van der Waals surface area (Å²) in [6, 6.07) is 81.4. The maximum Gasteiger partial charge on any atom is 0.238 e. The fourth-order valence-electron chi connectivity index (χ4n) is 11.2. The Morgan fingerprint density at radius 3 is 1.59 bits per heavy atom. The van der Waals surface area contributed by atoms with Crippen molar-refractivity contribution in [2.24, 2.45) is 0 Å². The summed E-state index contributed by atoms with van der Waals surface area (Å²) in [6.45, 7) is 0. The Morgan fingerprint density at radius 2 is 0.857 bits per heavy atom. The third kappa shape index (κ3) is 5.60. The standard InChI is InChI=1S/C63H38N6O/c1-3-18-39(19-4-1)61-64-62(66-63(65-61)69-51-30-12-7-22-42(51)43-23-8-13-31-52(43)69)40-36-37-49-57(38-40)70-56-35-16-26-45(58(49)56)47-28-15-27-46-44-24-9-11-29-50(44)68(60(46)47)55-34-17-33-54-59(55)48-25-10-14-32-53(48)67(54)41-20-5-2-6-21-41/h1-38H. The maximum absolute atomic E-state index is 6.86. The van der Waals surface area contributed by atoms with Gasteiger partial charge in [-0.05, 0) is 72.3 Å². The molecule has 0 fully saturated rings. The maximum atomic E-state index is 6.86. The van der Waals surface area contributed by atoms with Crippen LogP contribution in [0.3, 0.4) is 0 Å². The van der Waals surface area contributed by atoms with Crippen LogP contribution in [0.15, 0.2) is 235 Å². The molecule has 15 rings (SSSR count). The van der Waals surface area contributed by atoms with Crippen molar-refractivity contribution in [2.45, 2.75) is 0 Å². The van der Waals surface area contributed by atoms with E-state index in [4.69, 9.17) is 19.4 Å². The van der Waals surface area contributed by atoms with Crippen molar-refractivity contribution >= 4 is 87.4 Å². The van der Waals surface area contributed by atoms with Crippen LogP contribution in [0.1, 0.15) is 0 Å². The normalized spacial score (nSPS) is 12.0. The van der Waals surface area contributed by atoms with Gasteiger partial charge >= 0.3 is 0 Å². The minimum atomic E-state index is 0.553. The van der Waals surface area contributed by atoms with E-state index < -0.39 is 0 Å². The van der Waals surface area contributed by atoms with Crippen molar-refractivity contribution in [3.63, 3.8) is 0 Å². The van der Waals surface area contributed by atoms with Gasteiger partial charge in [0, 0.05) is 65.5 Å². The summed E-state index contributed by atoms with van der Waals surface area (Å²) in [6.07, 6.45) is 0. The molecule has 0 spiro atoms. The van der Waals surface area contributed by atoms with Gasteiger partial charge in [0.05, 0.1) is 38.8 Å². The molecule has 0 aliphatic rings. The molecule has 5 aromatic heterocycles. The summed E-state index contributed by atoms with van der Waals surface area (Å²) in [4.78, 5) is 15.5. The number of para-hydroxylation sites is 6. The molecular formula is C63H38N6O.